The highest BCUT2D eigenvalue weighted by atomic mass is 16.4. The topological polar surface area (TPSA) is 102 Å². The quantitative estimate of drug-likeness (QED) is 0.543. The number of nitrogens with one attached hydrogen (secondary N) is 1. The van der Waals surface area contributed by atoms with Crippen LogP contribution in [0.2, 0.25) is 0 Å². The third-order valence-electron chi connectivity index (χ3n) is 4.69. The van der Waals surface area contributed by atoms with Gasteiger partial charge in [0.15, 0.2) is 0 Å². The van der Waals surface area contributed by atoms with Gasteiger partial charge in [-0.15, -0.1) is 0 Å². The van der Waals surface area contributed by atoms with E-state index < -0.39 is 11.6 Å². The van der Waals surface area contributed by atoms with E-state index in [1.807, 2.05) is 0 Å². The third-order valence-corrected chi connectivity index (χ3v) is 4.69. The molecule has 0 radical (unpaired) electrons. The van der Waals surface area contributed by atoms with Crippen LogP contribution in [0.4, 0.5) is 16.2 Å². The second-order valence-corrected chi connectivity index (χ2v) is 7.68. The number of benzene rings is 2. The van der Waals surface area contributed by atoms with Gasteiger partial charge in [-0.2, -0.15) is 0 Å². The lowest BCUT2D eigenvalue weighted by molar-refractivity contribution is 0.102. The van der Waals surface area contributed by atoms with Gasteiger partial charge in [0.1, 0.15) is 0 Å². The number of carbonyl (C=O) groups is 2. The van der Waals surface area contributed by atoms with E-state index in [4.69, 9.17) is 5.21 Å². The third kappa shape index (κ3) is 3.69. The summed E-state index contributed by atoms with van der Waals surface area (Å²) in [4.78, 5) is 25.9. The zero-order chi connectivity index (χ0) is 20.5. The predicted octanol–water partition coefficient (Wildman–Crippen LogP) is 4.35. The van der Waals surface area contributed by atoms with Crippen molar-refractivity contribution in [3.63, 3.8) is 0 Å². The first-order valence-electron chi connectivity index (χ1n) is 9.00. The summed E-state index contributed by atoms with van der Waals surface area (Å²) in [5.41, 5.74) is 3.04. The molecule has 1 aliphatic rings. The minimum atomic E-state index is -1.09. The second-order valence-electron chi connectivity index (χ2n) is 7.68. The number of rotatable bonds is 3. The van der Waals surface area contributed by atoms with Crippen LogP contribution in [0.1, 0.15) is 48.7 Å². The smallest absolute Gasteiger partial charge is 0.412 e. The van der Waals surface area contributed by atoms with Gasteiger partial charge in [-0.25, -0.2) is 4.79 Å². The summed E-state index contributed by atoms with van der Waals surface area (Å²) in [5.74, 6) is -0.330. The highest BCUT2D eigenvalue weighted by Gasteiger charge is 2.30. The molecule has 0 fully saturated rings. The zero-order valence-electron chi connectivity index (χ0n) is 16.1. The average molecular weight is 381 g/mol. The molecule has 0 aromatic heterocycles. The van der Waals surface area contributed by atoms with E-state index in [1.54, 1.807) is 63.2 Å². The highest BCUT2D eigenvalue weighted by Crippen LogP contribution is 2.32. The Labute approximate surface area is 163 Å². The maximum absolute atomic E-state index is 12.8. The lowest BCUT2D eigenvalue weighted by Crippen LogP contribution is -2.45. The molecule has 0 saturated carbocycles. The molecule has 0 heterocycles. The number of amides is 2. The number of hydrogen-bond donors (Lipinski definition) is 3. The van der Waals surface area contributed by atoms with Crippen LogP contribution in [-0.2, 0) is 6.42 Å². The van der Waals surface area contributed by atoms with Gasteiger partial charge in [-0.3, -0.25) is 9.69 Å². The van der Waals surface area contributed by atoms with E-state index in [1.165, 1.54) is 4.90 Å². The van der Waals surface area contributed by atoms with Crippen molar-refractivity contribution in [2.75, 3.05) is 10.2 Å². The Morgan fingerprint density at radius 3 is 2.46 bits per heavy atom. The summed E-state index contributed by atoms with van der Waals surface area (Å²) in [6.07, 6.45) is 0.254. The average Bonchev–Trinajstić information content (AvgIpc) is 3.04. The summed E-state index contributed by atoms with van der Waals surface area (Å²) in [7, 11) is 0. The minimum absolute atomic E-state index is 0.330. The lowest BCUT2D eigenvalue weighted by atomic mass is 10.0. The Morgan fingerprint density at radius 2 is 1.82 bits per heavy atom. The summed E-state index contributed by atoms with van der Waals surface area (Å²) >= 11 is 0. The molecular weight excluding hydrogens is 358 g/mol. The standard InChI is InChI=1S/C21H23N3O4/c1-21(2,3)24(20(26)27)18-7-5-4-6-17(18)22-19(25)14-8-10-15-13(12-14)9-11-16(15)23-28/h4-8,10,12,28H,9,11H2,1-3H3,(H,22,25)(H,26,27). The fourth-order valence-electron chi connectivity index (χ4n) is 3.44. The van der Waals surface area contributed by atoms with Crippen molar-refractivity contribution in [2.45, 2.75) is 39.2 Å². The Morgan fingerprint density at radius 1 is 1.11 bits per heavy atom. The number of hydrogen-bond acceptors (Lipinski definition) is 4. The Bertz CT molecular complexity index is 960. The van der Waals surface area contributed by atoms with Gasteiger partial charge in [-0.05, 0) is 63.4 Å². The Kier molecular flexibility index (Phi) is 5.09. The first-order chi connectivity index (χ1) is 13.2. The number of para-hydroxylation sites is 2. The Hall–Kier alpha value is -3.35. The van der Waals surface area contributed by atoms with Gasteiger partial charge >= 0.3 is 6.09 Å². The fourth-order valence-corrected chi connectivity index (χ4v) is 3.44. The SMILES string of the molecule is CC(C)(C)N(C(=O)O)c1ccccc1NC(=O)c1ccc2c(c1)CCC2=NO. The molecule has 0 atom stereocenters. The first-order valence-corrected chi connectivity index (χ1v) is 9.00. The monoisotopic (exact) mass is 381 g/mol. The molecule has 0 bridgehead atoms. The summed E-state index contributed by atoms with van der Waals surface area (Å²) in [6, 6.07) is 12.1. The molecule has 2 aromatic rings. The fraction of sp³-hybridized carbons (Fsp3) is 0.286. The molecule has 7 heteroatoms. The molecule has 3 rings (SSSR count). The van der Waals surface area contributed by atoms with Crippen LogP contribution in [0.15, 0.2) is 47.6 Å². The van der Waals surface area contributed by atoms with Crippen molar-refractivity contribution >= 4 is 29.1 Å². The largest absolute Gasteiger partial charge is 0.465 e. The maximum atomic E-state index is 12.8. The molecule has 0 aliphatic heterocycles. The molecule has 146 valence electrons. The number of aryl methyl sites for hydroxylation is 1. The molecule has 28 heavy (non-hydrogen) atoms. The molecule has 3 N–H and O–H groups in total. The summed E-state index contributed by atoms with van der Waals surface area (Å²) in [6.45, 7) is 5.38. The molecule has 0 spiro atoms. The molecule has 7 nitrogen and oxygen atoms in total. The van der Waals surface area contributed by atoms with Crippen LogP contribution >= 0.6 is 0 Å². The van der Waals surface area contributed by atoms with Crippen molar-refractivity contribution in [3.05, 3.63) is 59.2 Å². The predicted molar refractivity (Wildman–Crippen MR) is 108 cm³/mol. The number of anilines is 2. The highest BCUT2D eigenvalue weighted by molar-refractivity contribution is 6.09. The zero-order valence-corrected chi connectivity index (χ0v) is 16.1. The Balaban J connectivity index is 1.91. The number of oxime groups is 1. The molecular formula is C21H23N3O4. The van der Waals surface area contributed by atoms with Crippen molar-refractivity contribution in [2.24, 2.45) is 5.16 Å². The summed E-state index contributed by atoms with van der Waals surface area (Å²) < 4.78 is 0. The van der Waals surface area contributed by atoms with Crippen molar-refractivity contribution in [1.82, 2.24) is 0 Å². The maximum Gasteiger partial charge on any atom is 0.412 e. The van der Waals surface area contributed by atoms with Gasteiger partial charge in [0.05, 0.1) is 17.1 Å². The molecule has 1 aliphatic carbocycles. The normalized spacial score (nSPS) is 14.6. The van der Waals surface area contributed by atoms with Crippen molar-refractivity contribution in [3.8, 4) is 0 Å². The van der Waals surface area contributed by atoms with E-state index in [0.717, 1.165) is 11.1 Å². The van der Waals surface area contributed by atoms with Crippen molar-refractivity contribution < 1.29 is 19.9 Å². The van der Waals surface area contributed by atoms with Gasteiger partial charge in [-0.1, -0.05) is 23.4 Å². The minimum Gasteiger partial charge on any atom is -0.465 e. The van der Waals surface area contributed by atoms with Gasteiger partial charge < -0.3 is 15.6 Å². The van der Waals surface area contributed by atoms with Crippen LogP contribution < -0.4 is 10.2 Å². The van der Waals surface area contributed by atoms with E-state index in [-0.39, 0.29) is 5.91 Å². The van der Waals surface area contributed by atoms with E-state index in [0.29, 0.717) is 35.5 Å². The first kappa shape index (κ1) is 19.4. The van der Waals surface area contributed by atoms with Crippen LogP contribution in [0.5, 0.6) is 0 Å². The number of carboxylic acid groups (broad SMARTS) is 1. The van der Waals surface area contributed by atoms with Crippen LogP contribution in [0.3, 0.4) is 0 Å². The lowest BCUT2D eigenvalue weighted by Gasteiger charge is -2.34. The van der Waals surface area contributed by atoms with Gasteiger partial charge in [0, 0.05) is 16.7 Å². The van der Waals surface area contributed by atoms with Crippen molar-refractivity contribution in [1.29, 1.82) is 0 Å². The number of carbonyl (C=O) groups excluding carboxylic acids is 1. The van der Waals surface area contributed by atoms with Crippen LogP contribution in [0.25, 0.3) is 0 Å². The second kappa shape index (κ2) is 7.34. The van der Waals surface area contributed by atoms with E-state index in [2.05, 4.69) is 10.5 Å². The molecule has 0 saturated heterocycles. The molecule has 0 unspecified atom stereocenters. The summed E-state index contributed by atoms with van der Waals surface area (Å²) in [5, 5.41) is 24.8. The van der Waals surface area contributed by atoms with E-state index in [9.17, 15) is 14.7 Å². The van der Waals surface area contributed by atoms with Crippen LogP contribution in [0, 0.1) is 0 Å². The van der Waals surface area contributed by atoms with Gasteiger partial charge in [0.25, 0.3) is 5.91 Å². The number of fused-ring (bicyclic) bond motifs is 1. The molecule has 2 aromatic carbocycles. The van der Waals surface area contributed by atoms with E-state index >= 15 is 0 Å². The van der Waals surface area contributed by atoms with Gasteiger partial charge in [0.2, 0.25) is 0 Å². The number of nitrogens with zero attached hydrogens (tertiary/aromatic N) is 2. The molecule has 2 amide bonds. The van der Waals surface area contributed by atoms with Crippen LogP contribution in [-0.4, -0.2) is 33.6 Å².